The Bertz CT molecular complexity index is 1020. The van der Waals surface area contributed by atoms with E-state index in [1.165, 1.54) is 0 Å². The van der Waals surface area contributed by atoms with Crippen molar-refractivity contribution in [3.05, 3.63) is 30.9 Å². The molecule has 0 radical (unpaired) electrons. The van der Waals surface area contributed by atoms with Gasteiger partial charge in [-0.3, -0.25) is 4.68 Å². The van der Waals surface area contributed by atoms with Crippen LogP contribution in [0.25, 0.3) is 16.8 Å². The van der Waals surface area contributed by atoms with Crippen LogP contribution in [0.5, 0.6) is 5.88 Å². The summed E-state index contributed by atoms with van der Waals surface area (Å²) in [5, 5.41) is 8.55. The fourth-order valence-corrected chi connectivity index (χ4v) is 3.36. The number of ether oxygens (including phenoxy) is 2. The summed E-state index contributed by atoms with van der Waals surface area (Å²) in [6.45, 7) is 6.74. The molecule has 4 heterocycles. The molecule has 9 nitrogen and oxygen atoms in total. The number of likely N-dealkylation sites (tertiary alicyclic amines) is 1. The number of fused-ring (bicyclic) bond motifs is 1. The number of rotatable bonds is 3. The van der Waals surface area contributed by atoms with Gasteiger partial charge in [-0.25, -0.2) is 14.3 Å². The Kier molecular flexibility index (Phi) is 4.89. The number of carbonyl (C=O) groups excluding carboxylic acids is 1. The molecule has 9 heteroatoms. The highest BCUT2D eigenvalue weighted by Crippen LogP contribution is 2.26. The van der Waals surface area contributed by atoms with Crippen LogP contribution in [0.4, 0.5) is 4.79 Å². The van der Waals surface area contributed by atoms with Crippen LogP contribution in [0.1, 0.15) is 33.6 Å². The van der Waals surface area contributed by atoms with E-state index in [9.17, 15) is 4.79 Å². The van der Waals surface area contributed by atoms with Crippen molar-refractivity contribution in [2.45, 2.75) is 45.3 Å². The molecule has 0 aromatic carbocycles. The van der Waals surface area contributed by atoms with Crippen molar-refractivity contribution >= 4 is 11.6 Å². The second-order valence-corrected chi connectivity index (χ2v) is 8.30. The molecule has 1 saturated heterocycles. The topological polar surface area (TPSA) is 86.8 Å². The van der Waals surface area contributed by atoms with Crippen molar-refractivity contribution in [3.8, 4) is 17.1 Å². The van der Waals surface area contributed by atoms with Crippen LogP contribution in [-0.4, -0.2) is 60.2 Å². The average molecular weight is 398 g/mol. The van der Waals surface area contributed by atoms with Gasteiger partial charge in [-0.2, -0.15) is 10.2 Å². The van der Waals surface area contributed by atoms with Gasteiger partial charge in [0.1, 0.15) is 17.2 Å². The Hall–Kier alpha value is -3.10. The number of hydrogen-bond donors (Lipinski definition) is 0. The molecule has 4 rings (SSSR count). The molecule has 0 aliphatic carbocycles. The molecule has 1 aliphatic rings. The predicted octanol–water partition coefficient (Wildman–Crippen LogP) is 2.91. The third kappa shape index (κ3) is 4.33. The van der Waals surface area contributed by atoms with E-state index in [2.05, 4.69) is 10.2 Å². The van der Waals surface area contributed by atoms with E-state index in [0.717, 1.165) is 29.6 Å². The smallest absolute Gasteiger partial charge is 0.410 e. The molecule has 0 unspecified atom stereocenters. The fraction of sp³-hybridized carbons (Fsp3) is 0.500. The van der Waals surface area contributed by atoms with Gasteiger partial charge in [0.2, 0.25) is 5.88 Å². The van der Waals surface area contributed by atoms with E-state index in [1.807, 2.05) is 46.3 Å². The molecule has 0 saturated carbocycles. The van der Waals surface area contributed by atoms with Gasteiger partial charge in [0, 0.05) is 25.4 Å². The lowest BCUT2D eigenvalue weighted by Crippen LogP contribution is -2.46. The Morgan fingerprint density at radius 3 is 2.79 bits per heavy atom. The predicted molar refractivity (Wildman–Crippen MR) is 107 cm³/mol. The van der Waals surface area contributed by atoms with Crippen molar-refractivity contribution in [1.29, 1.82) is 0 Å². The van der Waals surface area contributed by atoms with Crippen LogP contribution in [0.2, 0.25) is 0 Å². The highest BCUT2D eigenvalue weighted by molar-refractivity contribution is 5.68. The van der Waals surface area contributed by atoms with E-state index in [1.54, 1.807) is 26.5 Å². The van der Waals surface area contributed by atoms with Crippen molar-refractivity contribution in [2.75, 3.05) is 13.1 Å². The summed E-state index contributed by atoms with van der Waals surface area (Å²) in [4.78, 5) is 18.8. The number of nitrogens with zero attached hydrogens (tertiary/aromatic N) is 6. The van der Waals surface area contributed by atoms with Gasteiger partial charge in [0.25, 0.3) is 0 Å². The van der Waals surface area contributed by atoms with E-state index in [-0.39, 0.29) is 12.2 Å². The number of aryl methyl sites for hydroxylation is 1. The molecular formula is C20H26N6O3. The zero-order valence-corrected chi connectivity index (χ0v) is 17.2. The largest absolute Gasteiger partial charge is 0.471 e. The first-order chi connectivity index (χ1) is 13.8. The van der Waals surface area contributed by atoms with Gasteiger partial charge in [0.15, 0.2) is 0 Å². The third-order valence-corrected chi connectivity index (χ3v) is 4.66. The van der Waals surface area contributed by atoms with E-state index in [4.69, 9.17) is 14.5 Å². The number of hydrogen-bond acceptors (Lipinski definition) is 6. The number of carbonyl (C=O) groups is 1. The molecule has 1 aliphatic heterocycles. The van der Waals surface area contributed by atoms with Crippen LogP contribution in [0, 0.1) is 0 Å². The molecule has 1 amide bonds. The summed E-state index contributed by atoms with van der Waals surface area (Å²) in [6.07, 6.45) is 8.44. The minimum absolute atomic E-state index is 0.161. The molecule has 3 aromatic heterocycles. The fourth-order valence-electron chi connectivity index (χ4n) is 3.36. The average Bonchev–Trinajstić information content (AvgIpc) is 3.29. The van der Waals surface area contributed by atoms with Crippen molar-refractivity contribution in [2.24, 2.45) is 7.05 Å². The SMILES string of the molecule is Cn1cc(-c2cn3nccc3c(O[C@@H]3CCCN(C(=O)OC(C)(C)C)C3)n2)cn1. The summed E-state index contributed by atoms with van der Waals surface area (Å²) >= 11 is 0. The first kappa shape index (κ1) is 19.2. The van der Waals surface area contributed by atoms with E-state index >= 15 is 0 Å². The Balaban J connectivity index is 1.55. The molecule has 1 atom stereocenters. The Morgan fingerprint density at radius 1 is 1.24 bits per heavy atom. The highest BCUT2D eigenvalue weighted by atomic mass is 16.6. The van der Waals surface area contributed by atoms with Gasteiger partial charge in [-0.1, -0.05) is 0 Å². The van der Waals surface area contributed by atoms with Gasteiger partial charge in [0.05, 0.1) is 30.8 Å². The summed E-state index contributed by atoms with van der Waals surface area (Å²) < 4.78 is 15.2. The van der Waals surface area contributed by atoms with Crippen molar-refractivity contribution in [1.82, 2.24) is 29.3 Å². The van der Waals surface area contributed by atoms with Crippen LogP contribution >= 0.6 is 0 Å². The Labute approximate surface area is 169 Å². The Morgan fingerprint density at radius 2 is 2.07 bits per heavy atom. The maximum absolute atomic E-state index is 12.4. The molecule has 0 spiro atoms. The summed E-state index contributed by atoms with van der Waals surface area (Å²) in [7, 11) is 1.86. The normalized spacial score (nSPS) is 17.5. The van der Waals surface area contributed by atoms with Crippen LogP contribution in [0.15, 0.2) is 30.9 Å². The van der Waals surface area contributed by atoms with Gasteiger partial charge in [-0.15, -0.1) is 0 Å². The standard InChI is InChI=1S/C20H26N6O3/c1-20(2,3)29-19(27)25-9-5-6-15(12-25)28-18-17-7-8-21-26(17)13-16(23-18)14-10-22-24(4)11-14/h7-8,10-11,13,15H,5-6,9,12H2,1-4H3/t15-/m1/s1. The molecule has 1 fully saturated rings. The number of piperidine rings is 1. The highest BCUT2D eigenvalue weighted by Gasteiger charge is 2.29. The molecule has 0 N–H and O–H groups in total. The lowest BCUT2D eigenvalue weighted by Gasteiger charge is -2.34. The maximum atomic E-state index is 12.4. The lowest BCUT2D eigenvalue weighted by molar-refractivity contribution is 0.00739. The van der Waals surface area contributed by atoms with Crippen molar-refractivity contribution in [3.63, 3.8) is 0 Å². The monoisotopic (exact) mass is 398 g/mol. The maximum Gasteiger partial charge on any atom is 0.410 e. The first-order valence-electron chi connectivity index (χ1n) is 9.76. The molecule has 0 bridgehead atoms. The van der Waals surface area contributed by atoms with Crippen molar-refractivity contribution < 1.29 is 14.3 Å². The minimum atomic E-state index is -0.520. The quantitative estimate of drug-likeness (QED) is 0.674. The van der Waals surface area contributed by atoms with Gasteiger partial charge < -0.3 is 14.4 Å². The number of amides is 1. The first-order valence-corrected chi connectivity index (χ1v) is 9.76. The van der Waals surface area contributed by atoms with Crippen LogP contribution < -0.4 is 4.74 Å². The molecular weight excluding hydrogens is 372 g/mol. The zero-order valence-electron chi connectivity index (χ0n) is 17.2. The second kappa shape index (κ2) is 7.38. The van der Waals surface area contributed by atoms with Crippen LogP contribution in [-0.2, 0) is 11.8 Å². The van der Waals surface area contributed by atoms with E-state index in [0.29, 0.717) is 19.0 Å². The minimum Gasteiger partial charge on any atom is -0.471 e. The third-order valence-electron chi connectivity index (χ3n) is 4.66. The summed E-state index contributed by atoms with van der Waals surface area (Å²) in [5.74, 6) is 0.500. The van der Waals surface area contributed by atoms with Gasteiger partial charge in [-0.05, 0) is 39.7 Å². The second-order valence-electron chi connectivity index (χ2n) is 8.30. The van der Waals surface area contributed by atoms with Gasteiger partial charge >= 0.3 is 6.09 Å². The zero-order chi connectivity index (χ0) is 20.6. The summed E-state index contributed by atoms with van der Waals surface area (Å²) in [5.41, 5.74) is 1.87. The molecule has 3 aromatic rings. The number of aromatic nitrogens is 5. The molecule has 29 heavy (non-hydrogen) atoms. The molecule has 154 valence electrons. The summed E-state index contributed by atoms with van der Waals surface area (Å²) in [6, 6.07) is 1.86. The van der Waals surface area contributed by atoms with Crippen LogP contribution in [0.3, 0.4) is 0 Å². The van der Waals surface area contributed by atoms with E-state index < -0.39 is 5.60 Å². The lowest BCUT2D eigenvalue weighted by atomic mass is 10.1.